The SMILES string of the molecule is COc1cc(OC)c2cc(C(=O)N(Cc3ccc(F)cc3)C3CC3)[nH]c2c1OC. The van der Waals surface area contributed by atoms with Crippen molar-refractivity contribution in [3.05, 3.63) is 53.5 Å². The number of methoxy groups -OCH3 is 3. The van der Waals surface area contributed by atoms with Gasteiger partial charge in [0.1, 0.15) is 17.3 Å². The summed E-state index contributed by atoms with van der Waals surface area (Å²) in [5.41, 5.74) is 1.98. The molecule has 0 saturated heterocycles. The van der Waals surface area contributed by atoms with Gasteiger partial charge in [-0.3, -0.25) is 4.79 Å². The van der Waals surface area contributed by atoms with Gasteiger partial charge in [-0.2, -0.15) is 0 Å². The van der Waals surface area contributed by atoms with E-state index >= 15 is 0 Å². The number of halogens is 1. The molecule has 1 aliphatic carbocycles. The molecule has 1 heterocycles. The summed E-state index contributed by atoms with van der Waals surface area (Å²) in [5, 5.41) is 0.742. The van der Waals surface area contributed by atoms with E-state index in [1.165, 1.54) is 12.1 Å². The van der Waals surface area contributed by atoms with Gasteiger partial charge in [-0.1, -0.05) is 12.1 Å². The van der Waals surface area contributed by atoms with Gasteiger partial charge in [0.15, 0.2) is 11.5 Å². The number of aromatic amines is 1. The van der Waals surface area contributed by atoms with Crippen LogP contribution in [0.15, 0.2) is 36.4 Å². The monoisotopic (exact) mass is 398 g/mol. The Hall–Kier alpha value is -3.22. The summed E-state index contributed by atoms with van der Waals surface area (Å²) in [4.78, 5) is 18.3. The molecule has 1 saturated carbocycles. The number of aromatic nitrogens is 1. The van der Waals surface area contributed by atoms with Crippen LogP contribution in [0.5, 0.6) is 17.2 Å². The van der Waals surface area contributed by atoms with E-state index in [1.54, 1.807) is 45.6 Å². The first-order valence-electron chi connectivity index (χ1n) is 9.42. The third kappa shape index (κ3) is 3.60. The first kappa shape index (κ1) is 19.1. The zero-order valence-electron chi connectivity index (χ0n) is 16.6. The fourth-order valence-corrected chi connectivity index (χ4v) is 3.55. The zero-order chi connectivity index (χ0) is 20.5. The van der Waals surface area contributed by atoms with E-state index in [0.717, 1.165) is 23.8 Å². The quantitative estimate of drug-likeness (QED) is 0.650. The molecule has 7 heteroatoms. The highest BCUT2D eigenvalue weighted by Crippen LogP contribution is 2.41. The highest BCUT2D eigenvalue weighted by molar-refractivity contribution is 6.02. The van der Waals surface area contributed by atoms with Gasteiger partial charge in [-0.15, -0.1) is 0 Å². The molecule has 0 spiro atoms. The molecule has 1 amide bonds. The zero-order valence-corrected chi connectivity index (χ0v) is 16.6. The van der Waals surface area contributed by atoms with Crippen molar-refractivity contribution in [3.63, 3.8) is 0 Å². The van der Waals surface area contributed by atoms with Gasteiger partial charge in [-0.05, 0) is 36.6 Å². The lowest BCUT2D eigenvalue weighted by Gasteiger charge is -2.22. The summed E-state index contributed by atoms with van der Waals surface area (Å²) in [7, 11) is 4.67. The average molecular weight is 398 g/mol. The number of ether oxygens (including phenoxy) is 3. The van der Waals surface area contributed by atoms with Crippen molar-refractivity contribution in [1.29, 1.82) is 0 Å². The topological polar surface area (TPSA) is 63.8 Å². The van der Waals surface area contributed by atoms with Crippen LogP contribution in [0.25, 0.3) is 10.9 Å². The van der Waals surface area contributed by atoms with E-state index in [0.29, 0.717) is 35.0 Å². The van der Waals surface area contributed by atoms with Gasteiger partial charge in [0.05, 0.1) is 26.8 Å². The highest BCUT2D eigenvalue weighted by Gasteiger charge is 2.34. The minimum Gasteiger partial charge on any atom is -0.496 e. The van der Waals surface area contributed by atoms with Gasteiger partial charge < -0.3 is 24.1 Å². The van der Waals surface area contributed by atoms with Crippen LogP contribution < -0.4 is 14.2 Å². The van der Waals surface area contributed by atoms with E-state index in [2.05, 4.69) is 4.98 Å². The second kappa shape index (κ2) is 7.66. The number of carbonyl (C=O) groups excluding carboxylic acids is 1. The Kier molecular flexibility index (Phi) is 5.05. The van der Waals surface area contributed by atoms with Crippen LogP contribution in [0.4, 0.5) is 4.39 Å². The number of hydrogen-bond acceptors (Lipinski definition) is 4. The Bertz CT molecular complexity index is 1040. The molecular weight excluding hydrogens is 375 g/mol. The molecule has 0 atom stereocenters. The molecule has 3 aromatic rings. The van der Waals surface area contributed by atoms with E-state index in [-0.39, 0.29) is 17.8 Å². The maximum absolute atomic E-state index is 13.3. The van der Waals surface area contributed by atoms with Crippen LogP contribution in [0.2, 0.25) is 0 Å². The first-order chi connectivity index (χ1) is 14.0. The minimum absolute atomic E-state index is 0.115. The summed E-state index contributed by atoms with van der Waals surface area (Å²) < 4.78 is 29.6. The molecule has 29 heavy (non-hydrogen) atoms. The third-order valence-electron chi connectivity index (χ3n) is 5.19. The van der Waals surface area contributed by atoms with Crippen molar-refractivity contribution in [2.24, 2.45) is 0 Å². The maximum Gasteiger partial charge on any atom is 0.270 e. The van der Waals surface area contributed by atoms with Crippen LogP contribution in [-0.2, 0) is 6.54 Å². The van der Waals surface area contributed by atoms with Gasteiger partial charge in [0.25, 0.3) is 5.91 Å². The van der Waals surface area contributed by atoms with Crippen molar-refractivity contribution in [1.82, 2.24) is 9.88 Å². The number of nitrogens with one attached hydrogen (secondary N) is 1. The van der Waals surface area contributed by atoms with E-state index in [1.807, 2.05) is 4.90 Å². The Labute approximate surface area is 168 Å². The summed E-state index contributed by atoms with van der Waals surface area (Å²) in [5.74, 6) is 1.21. The van der Waals surface area contributed by atoms with Crippen LogP contribution >= 0.6 is 0 Å². The molecule has 0 radical (unpaired) electrons. The van der Waals surface area contributed by atoms with Crippen molar-refractivity contribution in [3.8, 4) is 17.2 Å². The lowest BCUT2D eigenvalue weighted by Crippen LogP contribution is -2.32. The average Bonchev–Trinajstić information content (AvgIpc) is 3.48. The smallest absolute Gasteiger partial charge is 0.270 e. The second-order valence-corrected chi connectivity index (χ2v) is 7.08. The van der Waals surface area contributed by atoms with Crippen LogP contribution in [0, 0.1) is 5.82 Å². The normalized spacial score (nSPS) is 13.4. The number of benzene rings is 2. The largest absolute Gasteiger partial charge is 0.496 e. The van der Waals surface area contributed by atoms with Crippen molar-refractivity contribution < 1.29 is 23.4 Å². The van der Waals surface area contributed by atoms with Crippen molar-refractivity contribution >= 4 is 16.8 Å². The maximum atomic E-state index is 13.3. The molecule has 152 valence electrons. The number of carbonyl (C=O) groups is 1. The van der Waals surface area contributed by atoms with Gasteiger partial charge >= 0.3 is 0 Å². The van der Waals surface area contributed by atoms with E-state index < -0.39 is 0 Å². The lowest BCUT2D eigenvalue weighted by atomic mass is 10.2. The third-order valence-corrected chi connectivity index (χ3v) is 5.19. The Morgan fingerprint density at radius 2 is 1.76 bits per heavy atom. The van der Waals surface area contributed by atoms with Gasteiger partial charge in [-0.25, -0.2) is 4.39 Å². The molecule has 1 aliphatic rings. The fourth-order valence-electron chi connectivity index (χ4n) is 3.55. The molecule has 6 nitrogen and oxygen atoms in total. The minimum atomic E-state index is -0.290. The van der Waals surface area contributed by atoms with Gasteiger partial charge in [0.2, 0.25) is 0 Å². The molecule has 0 unspecified atom stereocenters. The molecule has 1 aromatic heterocycles. The number of H-pyrrole nitrogens is 1. The molecule has 0 bridgehead atoms. The van der Waals surface area contributed by atoms with Crippen molar-refractivity contribution in [2.45, 2.75) is 25.4 Å². The summed E-state index contributed by atoms with van der Waals surface area (Å²) in [6, 6.07) is 9.95. The standard InChI is InChI=1S/C22H23FN2O4/c1-27-18-11-19(28-2)21(29-3)20-16(18)10-17(24-20)22(26)25(15-8-9-15)12-13-4-6-14(23)7-5-13/h4-7,10-11,15,24H,8-9,12H2,1-3H3. The Morgan fingerprint density at radius 1 is 1.07 bits per heavy atom. The van der Waals surface area contributed by atoms with E-state index in [4.69, 9.17) is 14.2 Å². The first-order valence-corrected chi connectivity index (χ1v) is 9.42. The highest BCUT2D eigenvalue weighted by atomic mass is 19.1. The number of rotatable bonds is 7. The number of nitrogens with zero attached hydrogens (tertiary/aromatic N) is 1. The van der Waals surface area contributed by atoms with Crippen LogP contribution in [0.1, 0.15) is 28.9 Å². The van der Waals surface area contributed by atoms with Crippen molar-refractivity contribution in [2.75, 3.05) is 21.3 Å². The molecular formula is C22H23FN2O4. The molecule has 0 aliphatic heterocycles. The number of hydrogen-bond donors (Lipinski definition) is 1. The second-order valence-electron chi connectivity index (χ2n) is 7.08. The lowest BCUT2D eigenvalue weighted by molar-refractivity contribution is 0.0725. The Balaban J connectivity index is 1.72. The predicted octanol–water partition coefficient (Wildman–Crippen LogP) is 4.14. The number of fused-ring (bicyclic) bond motifs is 1. The van der Waals surface area contributed by atoms with Crippen LogP contribution in [0.3, 0.4) is 0 Å². The summed E-state index contributed by atoms with van der Waals surface area (Å²) >= 11 is 0. The molecule has 1 N–H and O–H groups in total. The van der Waals surface area contributed by atoms with E-state index in [9.17, 15) is 9.18 Å². The summed E-state index contributed by atoms with van der Waals surface area (Å²) in [6.07, 6.45) is 1.93. The van der Waals surface area contributed by atoms with Gasteiger partial charge in [0, 0.05) is 24.0 Å². The Morgan fingerprint density at radius 3 is 2.34 bits per heavy atom. The van der Waals surface area contributed by atoms with Crippen LogP contribution in [-0.4, -0.2) is 43.2 Å². The molecule has 2 aromatic carbocycles. The molecule has 1 fully saturated rings. The fraction of sp³-hybridized carbons (Fsp3) is 0.318. The predicted molar refractivity (Wildman–Crippen MR) is 107 cm³/mol. The summed E-state index contributed by atoms with van der Waals surface area (Å²) in [6.45, 7) is 0.427. The molecule has 4 rings (SSSR count). The number of amides is 1.